The van der Waals surface area contributed by atoms with Crippen LogP contribution in [0.5, 0.6) is 5.75 Å². The summed E-state index contributed by atoms with van der Waals surface area (Å²) >= 11 is 1.45. The molecule has 1 saturated heterocycles. The maximum atomic E-state index is 12.9. The van der Waals surface area contributed by atoms with Gasteiger partial charge < -0.3 is 15.4 Å². The molecule has 2 aliphatic rings. The smallest absolute Gasteiger partial charge is 0.248 e. The van der Waals surface area contributed by atoms with Crippen LogP contribution in [-0.4, -0.2) is 62.6 Å². The van der Waals surface area contributed by atoms with Gasteiger partial charge in [0.1, 0.15) is 17.2 Å². The fourth-order valence-corrected chi connectivity index (χ4v) is 6.97. The van der Waals surface area contributed by atoms with Crippen LogP contribution in [0.4, 0.5) is 0 Å². The summed E-state index contributed by atoms with van der Waals surface area (Å²) in [6, 6.07) is 6.10. The van der Waals surface area contributed by atoms with Gasteiger partial charge in [-0.3, -0.25) is 14.9 Å². The minimum Gasteiger partial charge on any atom is -0.497 e. The van der Waals surface area contributed by atoms with Crippen molar-refractivity contribution in [2.24, 2.45) is 5.92 Å². The third-order valence-electron chi connectivity index (χ3n) is 5.85. The van der Waals surface area contributed by atoms with Gasteiger partial charge >= 0.3 is 0 Å². The number of sulfone groups is 1. The van der Waals surface area contributed by atoms with Gasteiger partial charge in [0, 0.05) is 18.8 Å². The highest BCUT2D eigenvalue weighted by molar-refractivity contribution is 8.00. The number of thioether (sulfide) groups is 1. The molecule has 3 N–H and O–H groups in total. The number of nitrogens with one attached hydrogen (secondary N) is 3. The summed E-state index contributed by atoms with van der Waals surface area (Å²) in [5.74, 6) is 0.476. The van der Waals surface area contributed by atoms with E-state index in [0.717, 1.165) is 43.4 Å². The van der Waals surface area contributed by atoms with E-state index >= 15 is 0 Å². The molecule has 1 aromatic carbocycles. The van der Waals surface area contributed by atoms with Crippen molar-refractivity contribution in [1.29, 1.82) is 0 Å². The molecule has 1 saturated carbocycles. The van der Waals surface area contributed by atoms with Crippen LogP contribution >= 0.6 is 24.2 Å². The first kappa shape index (κ1) is 27.8. The summed E-state index contributed by atoms with van der Waals surface area (Å²) in [6.45, 7) is 0.936. The van der Waals surface area contributed by atoms with Crippen LogP contribution in [0.2, 0.25) is 0 Å². The lowest BCUT2D eigenvalue weighted by Gasteiger charge is -2.24. The van der Waals surface area contributed by atoms with Crippen LogP contribution < -0.4 is 20.7 Å². The molecule has 2 amide bonds. The number of carbonyl (C=O) groups excluding carboxylic acids is 2. The lowest BCUT2D eigenvalue weighted by Crippen LogP contribution is -2.53. The number of carbonyl (C=O) groups is 2. The van der Waals surface area contributed by atoms with Gasteiger partial charge in [-0.1, -0.05) is 31.4 Å². The lowest BCUT2D eigenvalue weighted by molar-refractivity contribution is -0.128. The van der Waals surface area contributed by atoms with Gasteiger partial charge in [-0.25, -0.2) is 8.42 Å². The van der Waals surface area contributed by atoms with Gasteiger partial charge in [0.2, 0.25) is 11.8 Å². The van der Waals surface area contributed by atoms with Crippen LogP contribution in [-0.2, 0) is 26.0 Å². The highest BCUT2D eigenvalue weighted by Crippen LogP contribution is 2.25. The first-order valence-electron chi connectivity index (χ1n) is 11.1. The fraction of sp³-hybridized carbons (Fsp3) is 0.636. The second kappa shape index (κ2) is 13.4. The molecular formula is C22H34ClN3O5S2. The molecule has 0 unspecified atom stereocenters. The first-order valence-corrected chi connectivity index (χ1v) is 14.0. The molecule has 1 aliphatic carbocycles. The predicted molar refractivity (Wildman–Crippen MR) is 133 cm³/mol. The second-order valence-corrected chi connectivity index (χ2v) is 11.8. The molecular weight excluding hydrogens is 486 g/mol. The number of halogens is 1. The average molecular weight is 520 g/mol. The number of amides is 2. The van der Waals surface area contributed by atoms with Crippen molar-refractivity contribution in [1.82, 2.24) is 16.0 Å². The van der Waals surface area contributed by atoms with Crippen molar-refractivity contribution in [2.45, 2.75) is 50.1 Å². The summed E-state index contributed by atoms with van der Waals surface area (Å²) in [5.41, 5.74) is 0.849. The third kappa shape index (κ3) is 8.99. The van der Waals surface area contributed by atoms with E-state index in [2.05, 4.69) is 16.0 Å². The Kier molecular flexibility index (Phi) is 11.3. The number of ether oxygens (including phenoxy) is 1. The van der Waals surface area contributed by atoms with Crippen molar-refractivity contribution in [2.75, 3.05) is 30.9 Å². The summed E-state index contributed by atoms with van der Waals surface area (Å²) < 4.78 is 30.9. The molecule has 11 heteroatoms. The number of benzene rings is 1. The van der Waals surface area contributed by atoms with Crippen LogP contribution in [0.15, 0.2) is 24.3 Å². The Morgan fingerprint density at radius 1 is 1.18 bits per heavy atom. The third-order valence-corrected chi connectivity index (χ3v) is 8.82. The van der Waals surface area contributed by atoms with Crippen molar-refractivity contribution in [3.8, 4) is 5.75 Å². The summed E-state index contributed by atoms with van der Waals surface area (Å²) in [5, 5.41) is 8.04. The van der Waals surface area contributed by atoms with Crippen LogP contribution in [0, 0.1) is 5.92 Å². The Balaban J connectivity index is 0.00000385. The molecule has 186 valence electrons. The molecule has 2 fully saturated rings. The van der Waals surface area contributed by atoms with Crippen molar-refractivity contribution >= 4 is 45.8 Å². The van der Waals surface area contributed by atoms with Crippen LogP contribution in [0.25, 0.3) is 0 Å². The normalized spacial score (nSPS) is 19.8. The number of hydrogen-bond acceptors (Lipinski definition) is 7. The van der Waals surface area contributed by atoms with Crippen LogP contribution in [0.3, 0.4) is 0 Å². The maximum absolute atomic E-state index is 12.9. The van der Waals surface area contributed by atoms with Gasteiger partial charge in [-0.05, 0) is 36.5 Å². The Morgan fingerprint density at radius 2 is 1.88 bits per heavy atom. The largest absolute Gasteiger partial charge is 0.497 e. The SMILES string of the molecule is COc1ccc(CNC(=O)[C@H](CS(=O)(=O)CC2CCCCC2)NC(=O)[C@H]2NCCS2)cc1.Cl. The monoisotopic (exact) mass is 519 g/mol. The van der Waals surface area contributed by atoms with Crippen LogP contribution in [0.1, 0.15) is 37.7 Å². The van der Waals surface area contributed by atoms with E-state index in [1.165, 1.54) is 11.8 Å². The number of hydrogen-bond donors (Lipinski definition) is 3. The quantitative estimate of drug-likeness (QED) is 0.432. The zero-order valence-corrected chi connectivity index (χ0v) is 21.3. The Labute approximate surface area is 206 Å². The van der Waals surface area contributed by atoms with Gasteiger partial charge in [-0.2, -0.15) is 0 Å². The van der Waals surface area contributed by atoms with Gasteiger partial charge in [0.25, 0.3) is 0 Å². The van der Waals surface area contributed by atoms with Crippen molar-refractivity contribution < 1.29 is 22.7 Å². The fourth-order valence-electron chi connectivity index (χ4n) is 4.12. The molecule has 8 nitrogen and oxygen atoms in total. The minimum atomic E-state index is -3.51. The van der Waals surface area contributed by atoms with Crippen molar-refractivity contribution in [3.05, 3.63) is 29.8 Å². The molecule has 1 heterocycles. The predicted octanol–water partition coefficient (Wildman–Crippen LogP) is 1.88. The topological polar surface area (TPSA) is 114 Å². The molecule has 0 spiro atoms. The lowest BCUT2D eigenvalue weighted by atomic mass is 9.91. The zero-order valence-electron chi connectivity index (χ0n) is 18.9. The number of methoxy groups -OCH3 is 1. The highest BCUT2D eigenvalue weighted by atomic mass is 35.5. The van der Waals surface area contributed by atoms with E-state index in [0.29, 0.717) is 12.3 Å². The highest BCUT2D eigenvalue weighted by Gasteiger charge is 2.32. The molecule has 33 heavy (non-hydrogen) atoms. The van der Waals surface area contributed by atoms with E-state index in [1.54, 1.807) is 19.2 Å². The Morgan fingerprint density at radius 3 is 2.48 bits per heavy atom. The first-order chi connectivity index (χ1) is 15.4. The Bertz CT molecular complexity index is 871. The second-order valence-electron chi connectivity index (χ2n) is 8.41. The standard InChI is InChI=1S/C22H33N3O5S2.ClH/c1-30-18-9-7-16(8-10-18)13-24-20(26)19(25-21(27)22-23-11-12-31-22)15-32(28,29)14-17-5-3-2-4-6-17;/h7-10,17,19,22-23H,2-6,11-15H2,1H3,(H,24,26)(H,25,27);1H/t19-,22-;/m0./s1. The van der Waals surface area contributed by atoms with E-state index < -0.39 is 27.2 Å². The van der Waals surface area contributed by atoms with E-state index in [1.807, 2.05) is 12.1 Å². The van der Waals surface area contributed by atoms with Gasteiger partial charge in [0.05, 0.1) is 18.6 Å². The van der Waals surface area contributed by atoms with E-state index in [9.17, 15) is 18.0 Å². The molecule has 2 atom stereocenters. The molecule has 0 radical (unpaired) electrons. The molecule has 3 rings (SSSR count). The van der Waals surface area contributed by atoms with Gasteiger partial charge in [-0.15, -0.1) is 24.2 Å². The Hall–Kier alpha value is -1.49. The summed E-state index contributed by atoms with van der Waals surface area (Å²) in [7, 11) is -1.93. The van der Waals surface area contributed by atoms with Gasteiger partial charge in [0.15, 0.2) is 9.84 Å². The minimum absolute atomic E-state index is 0. The summed E-state index contributed by atoms with van der Waals surface area (Å²) in [4.78, 5) is 25.5. The van der Waals surface area contributed by atoms with Crippen molar-refractivity contribution in [3.63, 3.8) is 0 Å². The average Bonchev–Trinajstić information content (AvgIpc) is 3.33. The molecule has 1 aromatic rings. The maximum Gasteiger partial charge on any atom is 0.248 e. The summed E-state index contributed by atoms with van der Waals surface area (Å²) in [6.07, 6.45) is 5.06. The molecule has 1 aliphatic heterocycles. The number of rotatable bonds is 10. The zero-order chi connectivity index (χ0) is 23.0. The van der Waals surface area contributed by atoms with E-state index in [-0.39, 0.29) is 42.3 Å². The molecule has 0 aromatic heterocycles. The van der Waals surface area contributed by atoms with E-state index in [4.69, 9.17) is 4.74 Å². The molecule has 0 bridgehead atoms.